The molecule has 7 nitrogen and oxygen atoms in total. The maximum absolute atomic E-state index is 13.1. The van der Waals surface area contributed by atoms with Crippen LogP contribution >= 0.6 is 0 Å². The average Bonchev–Trinajstić information content (AvgIpc) is 3.00. The quantitative estimate of drug-likeness (QED) is 0.207. The number of aromatic nitrogens is 2. The number of rotatable bonds is 9. The molecule has 5 rings (SSSR count). The zero-order chi connectivity index (χ0) is 27.9. The van der Waals surface area contributed by atoms with Gasteiger partial charge in [0.05, 0.1) is 34.6 Å². The maximum Gasteiger partial charge on any atom is 0.338 e. The van der Waals surface area contributed by atoms with Crippen molar-refractivity contribution >= 4 is 28.6 Å². The van der Waals surface area contributed by atoms with Gasteiger partial charge in [0, 0.05) is 16.8 Å². The number of benzene rings is 4. The number of anilines is 1. The highest BCUT2D eigenvalue weighted by atomic mass is 16.5. The smallest absolute Gasteiger partial charge is 0.338 e. The van der Waals surface area contributed by atoms with Crippen molar-refractivity contribution in [2.75, 3.05) is 11.9 Å². The number of nitrogens with zero attached hydrogens (tertiary/aromatic N) is 2. The Bertz CT molecular complexity index is 1620. The number of carbonyl (C=O) groups is 2. The van der Waals surface area contributed by atoms with Crippen molar-refractivity contribution in [3.05, 3.63) is 109 Å². The minimum atomic E-state index is -0.957. The van der Waals surface area contributed by atoms with Gasteiger partial charge in [-0.15, -0.1) is 0 Å². The summed E-state index contributed by atoms with van der Waals surface area (Å²) in [7, 11) is 0. The SMILES string of the molecule is CCOc1ccc(NC(=O)C(CC)OC(=O)c2ccc3nc(-c4ccccc4)c(-c4ccccc4)nc3c2)cc1. The van der Waals surface area contributed by atoms with E-state index in [4.69, 9.17) is 19.4 Å². The second kappa shape index (κ2) is 12.2. The fourth-order valence-electron chi connectivity index (χ4n) is 4.32. The number of amides is 1. The molecule has 0 saturated heterocycles. The summed E-state index contributed by atoms with van der Waals surface area (Å²) in [5.74, 6) is -0.296. The first-order valence-electron chi connectivity index (χ1n) is 13.2. The molecular weight excluding hydrogens is 502 g/mol. The van der Waals surface area contributed by atoms with Gasteiger partial charge < -0.3 is 14.8 Å². The molecule has 1 aromatic heterocycles. The van der Waals surface area contributed by atoms with Gasteiger partial charge in [-0.05, 0) is 55.8 Å². The standard InChI is InChI=1S/C33H29N3O4/c1-3-29(32(37)34-25-16-18-26(19-17-25)39-4-2)40-33(38)24-15-20-27-28(21-24)36-31(23-13-9-6-10-14-23)30(35-27)22-11-7-5-8-12-22/h5-21,29H,3-4H2,1-2H3,(H,34,37). The van der Waals surface area contributed by atoms with Crippen molar-refractivity contribution in [1.29, 1.82) is 0 Å². The predicted octanol–water partition coefficient (Wildman–Crippen LogP) is 6.94. The van der Waals surface area contributed by atoms with E-state index in [1.165, 1.54) is 0 Å². The van der Waals surface area contributed by atoms with Gasteiger partial charge >= 0.3 is 5.97 Å². The van der Waals surface area contributed by atoms with Gasteiger partial charge in [-0.25, -0.2) is 14.8 Å². The Labute approximate surface area is 232 Å². The van der Waals surface area contributed by atoms with E-state index in [-0.39, 0.29) is 0 Å². The lowest BCUT2D eigenvalue weighted by Crippen LogP contribution is -2.32. The zero-order valence-electron chi connectivity index (χ0n) is 22.3. The number of hydrogen-bond acceptors (Lipinski definition) is 6. The number of fused-ring (bicyclic) bond motifs is 1. The third kappa shape index (κ3) is 5.99. The molecule has 0 aliphatic rings. The van der Waals surface area contributed by atoms with Crippen LogP contribution in [0, 0.1) is 0 Å². The number of ether oxygens (including phenoxy) is 2. The van der Waals surface area contributed by atoms with E-state index >= 15 is 0 Å². The second-order valence-electron chi connectivity index (χ2n) is 9.11. The molecule has 1 unspecified atom stereocenters. The topological polar surface area (TPSA) is 90.4 Å². The largest absolute Gasteiger partial charge is 0.494 e. The Kier molecular flexibility index (Phi) is 8.11. The molecule has 0 fully saturated rings. The molecule has 0 saturated carbocycles. The van der Waals surface area contributed by atoms with Crippen LogP contribution in [-0.2, 0) is 9.53 Å². The van der Waals surface area contributed by atoms with Crippen molar-refractivity contribution in [3.8, 4) is 28.3 Å². The van der Waals surface area contributed by atoms with Crippen molar-refractivity contribution in [2.24, 2.45) is 0 Å². The van der Waals surface area contributed by atoms with Crippen molar-refractivity contribution in [2.45, 2.75) is 26.4 Å². The molecule has 0 spiro atoms. The van der Waals surface area contributed by atoms with E-state index in [0.717, 1.165) is 16.8 Å². The van der Waals surface area contributed by atoms with Crippen LogP contribution < -0.4 is 10.1 Å². The molecule has 1 N–H and O–H groups in total. The average molecular weight is 532 g/mol. The molecule has 4 aromatic carbocycles. The summed E-state index contributed by atoms with van der Waals surface area (Å²) >= 11 is 0. The van der Waals surface area contributed by atoms with Gasteiger partial charge in [-0.2, -0.15) is 0 Å². The van der Waals surface area contributed by atoms with E-state index in [1.54, 1.807) is 49.4 Å². The first-order valence-corrected chi connectivity index (χ1v) is 13.2. The summed E-state index contributed by atoms with van der Waals surface area (Å²) in [5.41, 5.74) is 5.42. The van der Waals surface area contributed by atoms with Crippen LogP contribution in [-0.4, -0.2) is 34.6 Å². The Morgan fingerprint density at radius 2 is 1.35 bits per heavy atom. The van der Waals surface area contributed by atoms with E-state index in [2.05, 4.69) is 5.32 Å². The molecule has 0 aliphatic carbocycles. The fraction of sp³-hybridized carbons (Fsp3) is 0.152. The van der Waals surface area contributed by atoms with Gasteiger partial charge in [-0.3, -0.25) is 4.79 Å². The molecule has 7 heteroatoms. The molecule has 1 amide bonds. The van der Waals surface area contributed by atoms with Gasteiger partial charge in [0.15, 0.2) is 6.10 Å². The monoisotopic (exact) mass is 531 g/mol. The van der Waals surface area contributed by atoms with Gasteiger partial charge in [-0.1, -0.05) is 67.6 Å². The third-order valence-electron chi connectivity index (χ3n) is 6.34. The van der Waals surface area contributed by atoms with Gasteiger partial charge in [0.1, 0.15) is 5.75 Å². The minimum absolute atomic E-state index is 0.292. The van der Waals surface area contributed by atoms with Crippen molar-refractivity contribution < 1.29 is 19.1 Å². The summed E-state index contributed by atoms with van der Waals surface area (Å²) in [5, 5.41) is 2.80. The van der Waals surface area contributed by atoms with Crippen LogP contribution in [0.5, 0.6) is 5.75 Å². The van der Waals surface area contributed by atoms with Crippen LogP contribution in [0.25, 0.3) is 33.5 Å². The highest BCUT2D eigenvalue weighted by Gasteiger charge is 2.23. The number of nitrogens with one attached hydrogen (secondary N) is 1. The second-order valence-corrected chi connectivity index (χ2v) is 9.11. The molecule has 0 radical (unpaired) electrons. The fourth-order valence-corrected chi connectivity index (χ4v) is 4.32. The third-order valence-corrected chi connectivity index (χ3v) is 6.34. The predicted molar refractivity (Wildman–Crippen MR) is 156 cm³/mol. The normalized spacial score (nSPS) is 11.6. The van der Waals surface area contributed by atoms with Crippen LogP contribution in [0.3, 0.4) is 0 Å². The van der Waals surface area contributed by atoms with Crippen LogP contribution in [0.15, 0.2) is 103 Å². The lowest BCUT2D eigenvalue weighted by Gasteiger charge is -2.16. The first-order chi connectivity index (χ1) is 19.6. The minimum Gasteiger partial charge on any atom is -0.494 e. The zero-order valence-corrected chi connectivity index (χ0v) is 22.3. The Hall–Kier alpha value is -5.04. The van der Waals surface area contributed by atoms with Crippen LogP contribution in [0.1, 0.15) is 30.6 Å². The molecule has 5 aromatic rings. The highest BCUT2D eigenvalue weighted by molar-refractivity contribution is 5.99. The van der Waals surface area contributed by atoms with Crippen molar-refractivity contribution in [1.82, 2.24) is 9.97 Å². The van der Waals surface area contributed by atoms with E-state index in [0.29, 0.717) is 46.8 Å². The summed E-state index contributed by atoms with van der Waals surface area (Å²) < 4.78 is 11.1. The van der Waals surface area contributed by atoms with Crippen LogP contribution in [0.2, 0.25) is 0 Å². The lowest BCUT2D eigenvalue weighted by molar-refractivity contribution is -0.124. The number of esters is 1. The Morgan fingerprint density at radius 1 is 0.750 bits per heavy atom. The summed E-state index contributed by atoms with van der Waals surface area (Å²) in [6.07, 6.45) is -0.637. The molecule has 200 valence electrons. The summed E-state index contributed by atoms with van der Waals surface area (Å²) in [6, 6.07) is 31.8. The summed E-state index contributed by atoms with van der Waals surface area (Å²) in [6.45, 7) is 4.25. The number of carbonyl (C=O) groups excluding carboxylic acids is 2. The van der Waals surface area contributed by atoms with Gasteiger partial charge in [0.25, 0.3) is 5.91 Å². The van der Waals surface area contributed by atoms with Crippen LogP contribution in [0.4, 0.5) is 5.69 Å². The van der Waals surface area contributed by atoms with Crippen molar-refractivity contribution in [3.63, 3.8) is 0 Å². The molecular formula is C33H29N3O4. The Morgan fingerprint density at radius 3 is 1.93 bits per heavy atom. The Balaban J connectivity index is 1.39. The van der Waals surface area contributed by atoms with E-state index < -0.39 is 18.0 Å². The highest BCUT2D eigenvalue weighted by Crippen LogP contribution is 2.31. The van der Waals surface area contributed by atoms with Gasteiger partial charge in [0.2, 0.25) is 0 Å². The maximum atomic E-state index is 13.1. The van der Waals surface area contributed by atoms with E-state index in [9.17, 15) is 9.59 Å². The number of hydrogen-bond donors (Lipinski definition) is 1. The first kappa shape index (κ1) is 26.6. The molecule has 0 bridgehead atoms. The summed E-state index contributed by atoms with van der Waals surface area (Å²) in [4.78, 5) is 35.8. The molecule has 1 heterocycles. The molecule has 40 heavy (non-hydrogen) atoms. The molecule has 0 aliphatic heterocycles. The van der Waals surface area contributed by atoms with E-state index in [1.807, 2.05) is 67.6 Å². The lowest BCUT2D eigenvalue weighted by atomic mass is 10.0. The molecule has 1 atom stereocenters.